The molecule has 0 aliphatic rings. The smallest absolute Gasteiger partial charge is 0.223 e. The molecule has 5 heteroatoms. The van der Waals surface area contributed by atoms with E-state index in [1.54, 1.807) is 0 Å². The molecule has 0 aromatic carbocycles. The molecule has 0 saturated carbocycles. The molecule has 0 aliphatic heterocycles. The van der Waals surface area contributed by atoms with Gasteiger partial charge in [-0.1, -0.05) is 15.9 Å². The van der Waals surface area contributed by atoms with E-state index in [4.69, 9.17) is 0 Å². The lowest BCUT2D eigenvalue weighted by molar-refractivity contribution is -0.477. The Labute approximate surface area is 60.5 Å². The molecule has 9 heavy (non-hydrogen) atoms. The predicted octanol–water partition coefficient (Wildman–Crippen LogP) is 0.616. The summed E-state index contributed by atoms with van der Waals surface area (Å²) in [5, 5.41) is 9.74. The zero-order valence-electron chi connectivity index (χ0n) is 4.83. The number of alkyl halides is 1. The van der Waals surface area contributed by atoms with Crippen LogP contribution in [-0.2, 0) is 4.79 Å². The van der Waals surface area contributed by atoms with Gasteiger partial charge in [-0.25, -0.2) is 0 Å². The van der Waals surface area contributed by atoms with Crippen molar-refractivity contribution in [1.29, 1.82) is 0 Å². The number of Topliss-reactive ketones (excluding diaryl/α,β-unsaturated/α-hetero) is 1. The average molecular weight is 196 g/mol. The molecule has 0 fully saturated rings. The Kier molecular flexibility index (Phi) is 3.37. The van der Waals surface area contributed by atoms with Crippen LogP contribution in [0.1, 0.15) is 6.92 Å². The highest BCUT2D eigenvalue weighted by Crippen LogP contribution is 1.99. The first-order valence-corrected chi connectivity index (χ1v) is 3.22. The first-order chi connectivity index (χ1) is 4.04. The third-order valence-corrected chi connectivity index (χ3v) is 1.68. The Hall–Kier alpha value is -0.450. The number of carbonyl (C=O) groups is 1. The second kappa shape index (κ2) is 3.55. The van der Waals surface area contributed by atoms with E-state index in [-0.39, 0.29) is 12.3 Å². The van der Waals surface area contributed by atoms with Crippen LogP contribution >= 0.6 is 15.9 Å². The fourth-order valence-electron chi connectivity index (χ4n) is 0.259. The van der Waals surface area contributed by atoms with Crippen LogP contribution in [0.2, 0.25) is 0 Å². The Morgan fingerprint density at radius 1 is 1.89 bits per heavy atom. The predicted molar refractivity (Wildman–Crippen MR) is 35.3 cm³/mol. The molecule has 52 valence electrons. The van der Waals surface area contributed by atoms with Gasteiger partial charge in [0.15, 0.2) is 0 Å². The maximum absolute atomic E-state index is 10.3. The zero-order valence-corrected chi connectivity index (χ0v) is 6.42. The van der Waals surface area contributed by atoms with E-state index in [2.05, 4.69) is 15.9 Å². The van der Waals surface area contributed by atoms with E-state index < -0.39 is 9.75 Å². The first kappa shape index (κ1) is 8.55. The van der Waals surface area contributed by atoms with E-state index in [0.29, 0.717) is 0 Å². The quantitative estimate of drug-likeness (QED) is 0.377. The fourth-order valence-corrected chi connectivity index (χ4v) is 0.496. The van der Waals surface area contributed by atoms with Crippen molar-refractivity contribution in [1.82, 2.24) is 0 Å². The summed E-state index contributed by atoms with van der Waals surface area (Å²) in [6.07, 6.45) is 0. The number of nitro groups is 1. The van der Waals surface area contributed by atoms with Gasteiger partial charge in [0.2, 0.25) is 6.54 Å². The largest absolute Gasteiger partial charge is 0.298 e. The van der Waals surface area contributed by atoms with Crippen molar-refractivity contribution in [3.8, 4) is 0 Å². The molecule has 0 spiro atoms. The molecule has 0 heterocycles. The van der Waals surface area contributed by atoms with Gasteiger partial charge in [0.25, 0.3) is 0 Å². The van der Waals surface area contributed by atoms with Crippen LogP contribution < -0.4 is 0 Å². The Balaban J connectivity index is 3.63. The molecule has 0 aromatic heterocycles. The van der Waals surface area contributed by atoms with Crippen LogP contribution in [0.15, 0.2) is 0 Å². The van der Waals surface area contributed by atoms with E-state index in [1.165, 1.54) is 6.92 Å². The zero-order chi connectivity index (χ0) is 7.44. The van der Waals surface area contributed by atoms with Gasteiger partial charge < -0.3 is 0 Å². The van der Waals surface area contributed by atoms with Crippen LogP contribution in [0.4, 0.5) is 0 Å². The summed E-state index contributed by atoms with van der Waals surface area (Å²) >= 11 is 2.85. The number of carbonyl (C=O) groups excluding carboxylic acids is 1. The van der Waals surface area contributed by atoms with E-state index in [0.717, 1.165) is 0 Å². The number of nitrogens with zero attached hydrogens (tertiary/aromatic N) is 1. The minimum Gasteiger partial charge on any atom is -0.298 e. The lowest BCUT2D eigenvalue weighted by atomic mass is 10.3. The van der Waals surface area contributed by atoms with Gasteiger partial charge in [0.1, 0.15) is 10.6 Å². The summed E-state index contributed by atoms with van der Waals surface area (Å²) in [4.78, 5) is 18.9. The van der Waals surface area contributed by atoms with Gasteiger partial charge in [0.05, 0.1) is 0 Å². The third-order valence-electron chi connectivity index (χ3n) is 0.750. The summed E-state index contributed by atoms with van der Waals surface area (Å²) in [6, 6.07) is 0. The molecule has 0 aliphatic carbocycles. The number of ketones is 1. The number of halogens is 1. The molecule has 0 bridgehead atoms. The van der Waals surface area contributed by atoms with Gasteiger partial charge in [-0.3, -0.25) is 14.9 Å². The third kappa shape index (κ3) is 4.08. The molecule has 1 atom stereocenters. The SMILES string of the molecule is CC(=O)C(Br)C[N+](=O)[O-]. The molecule has 0 radical (unpaired) electrons. The summed E-state index contributed by atoms with van der Waals surface area (Å²) in [7, 11) is 0. The average Bonchev–Trinajstić information content (AvgIpc) is 1.63. The van der Waals surface area contributed by atoms with Crippen LogP contribution in [0.5, 0.6) is 0 Å². The second-order valence-corrected chi connectivity index (χ2v) is 2.70. The summed E-state index contributed by atoms with van der Waals surface area (Å²) in [5.41, 5.74) is 0. The van der Waals surface area contributed by atoms with Crippen LogP contribution in [0.25, 0.3) is 0 Å². The van der Waals surface area contributed by atoms with E-state index in [1.807, 2.05) is 0 Å². The second-order valence-electron chi connectivity index (χ2n) is 1.59. The Morgan fingerprint density at radius 3 is 2.44 bits per heavy atom. The lowest BCUT2D eigenvalue weighted by Crippen LogP contribution is -2.20. The van der Waals surface area contributed by atoms with Crippen molar-refractivity contribution in [2.75, 3.05) is 6.54 Å². The molecule has 0 saturated heterocycles. The topological polar surface area (TPSA) is 60.2 Å². The highest BCUT2D eigenvalue weighted by Gasteiger charge is 2.15. The number of hydrogen-bond acceptors (Lipinski definition) is 3. The standard InChI is InChI=1S/C4H6BrNO3/c1-3(7)4(5)2-6(8)9/h4H,2H2,1H3. The summed E-state index contributed by atoms with van der Waals surface area (Å²) < 4.78 is 0. The molecule has 1 unspecified atom stereocenters. The van der Waals surface area contributed by atoms with Crippen LogP contribution in [0, 0.1) is 10.1 Å². The van der Waals surface area contributed by atoms with Crippen molar-refractivity contribution in [3.05, 3.63) is 10.1 Å². The van der Waals surface area contributed by atoms with Gasteiger partial charge in [-0.05, 0) is 6.92 Å². The Morgan fingerprint density at radius 2 is 2.33 bits per heavy atom. The van der Waals surface area contributed by atoms with Gasteiger partial charge in [-0.15, -0.1) is 0 Å². The molecule has 0 amide bonds. The van der Waals surface area contributed by atoms with E-state index in [9.17, 15) is 14.9 Å². The normalized spacial score (nSPS) is 12.7. The van der Waals surface area contributed by atoms with Crippen LogP contribution in [-0.4, -0.2) is 22.1 Å². The minimum absolute atomic E-state index is 0.216. The molecule has 0 N–H and O–H groups in total. The van der Waals surface area contributed by atoms with Crippen molar-refractivity contribution >= 4 is 21.7 Å². The lowest BCUT2D eigenvalue weighted by Gasteiger charge is -1.96. The molecule has 0 aromatic rings. The van der Waals surface area contributed by atoms with Crippen molar-refractivity contribution in [2.24, 2.45) is 0 Å². The first-order valence-electron chi connectivity index (χ1n) is 2.30. The fraction of sp³-hybridized carbons (Fsp3) is 0.750. The van der Waals surface area contributed by atoms with Crippen molar-refractivity contribution in [3.63, 3.8) is 0 Å². The maximum Gasteiger partial charge on any atom is 0.223 e. The molecule has 4 nitrogen and oxygen atoms in total. The highest BCUT2D eigenvalue weighted by atomic mass is 79.9. The molecule has 0 rings (SSSR count). The number of hydrogen-bond donors (Lipinski definition) is 0. The maximum atomic E-state index is 10.3. The minimum atomic E-state index is -0.632. The monoisotopic (exact) mass is 195 g/mol. The number of rotatable bonds is 3. The molecular formula is C4H6BrNO3. The van der Waals surface area contributed by atoms with Crippen molar-refractivity contribution in [2.45, 2.75) is 11.8 Å². The highest BCUT2D eigenvalue weighted by molar-refractivity contribution is 9.10. The van der Waals surface area contributed by atoms with Gasteiger partial charge >= 0.3 is 0 Å². The van der Waals surface area contributed by atoms with Gasteiger partial charge in [-0.2, -0.15) is 0 Å². The van der Waals surface area contributed by atoms with Crippen LogP contribution in [0.3, 0.4) is 0 Å². The molecular weight excluding hydrogens is 190 g/mol. The summed E-state index contributed by atoms with van der Waals surface area (Å²) in [6.45, 7) is 0.970. The summed E-state index contributed by atoms with van der Waals surface area (Å²) in [5.74, 6) is -0.216. The Bertz CT molecular complexity index is 136. The van der Waals surface area contributed by atoms with Gasteiger partial charge in [0, 0.05) is 4.92 Å². The van der Waals surface area contributed by atoms with Crippen molar-refractivity contribution < 1.29 is 9.72 Å². The van der Waals surface area contributed by atoms with E-state index >= 15 is 0 Å².